The van der Waals surface area contributed by atoms with Gasteiger partial charge in [-0.3, -0.25) is 4.79 Å². The van der Waals surface area contributed by atoms with Crippen molar-refractivity contribution in [3.63, 3.8) is 0 Å². The van der Waals surface area contributed by atoms with Gasteiger partial charge >= 0.3 is 0 Å². The van der Waals surface area contributed by atoms with E-state index in [-0.39, 0.29) is 12.1 Å². The first-order chi connectivity index (χ1) is 9.97. The van der Waals surface area contributed by atoms with Crippen LogP contribution in [0.1, 0.15) is 37.0 Å². The van der Waals surface area contributed by atoms with E-state index >= 15 is 0 Å². The highest BCUT2D eigenvalue weighted by Crippen LogP contribution is 2.17. The van der Waals surface area contributed by atoms with E-state index in [4.69, 9.17) is 17.2 Å². The Morgan fingerprint density at radius 2 is 1.71 bits per heavy atom. The van der Waals surface area contributed by atoms with Crippen LogP contribution in [0.15, 0.2) is 42.5 Å². The van der Waals surface area contributed by atoms with E-state index in [1.807, 2.05) is 36.4 Å². The molecule has 1 amide bonds. The van der Waals surface area contributed by atoms with Crippen molar-refractivity contribution in [3.8, 4) is 0 Å². The lowest BCUT2D eigenvalue weighted by Crippen LogP contribution is -2.37. The molecule has 0 fully saturated rings. The number of carbonyl (C=O) groups excluding carboxylic acids is 1. The monoisotopic (exact) mass is 287 g/mol. The minimum absolute atomic E-state index is 0.130. The zero-order chi connectivity index (χ0) is 15.8. The summed E-state index contributed by atoms with van der Waals surface area (Å²) in [5, 5.41) is 1.95. The summed E-state index contributed by atoms with van der Waals surface area (Å²) in [4.78, 5) is 11.0. The fourth-order valence-electron chi connectivity index (χ4n) is 2.09. The number of rotatable bonds is 4. The Bertz CT molecular complexity index is 576. The quantitative estimate of drug-likeness (QED) is 0.754. The van der Waals surface area contributed by atoms with Gasteiger partial charge in [0.1, 0.15) is 0 Å². The fourth-order valence-corrected chi connectivity index (χ4v) is 2.09. The molecule has 1 atom stereocenters. The zero-order valence-electron chi connectivity index (χ0n) is 12.8. The molecular formula is C17H25N3O. The van der Waals surface area contributed by atoms with E-state index in [1.165, 1.54) is 6.42 Å². The van der Waals surface area contributed by atoms with Gasteiger partial charge in [0.25, 0.3) is 0 Å². The van der Waals surface area contributed by atoms with Gasteiger partial charge in [-0.05, 0) is 29.2 Å². The topological polar surface area (TPSA) is 95.1 Å². The zero-order valence-corrected chi connectivity index (χ0v) is 12.8. The molecule has 1 unspecified atom stereocenters. The molecule has 0 aliphatic rings. The Balaban J connectivity index is 0.000000240. The van der Waals surface area contributed by atoms with Crippen molar-refractivity contribution in [1.29, 1.82) is 0 Å². The predicted octanol–water partition coefficient (Wildman–Crippen LogP) is 2.60. The fraction of sp³-hybridized carbons (Fsp3) is 0.353. The Morgan fingerprint density at radius 1 is 1.10 bits per heavy atom. The number of amides is 1. The molecule has 2 aromatic rings. The lowest BCUT2D eigenvalue weighted by Gasteiger charge is -2.12. The van der Waals surface area contributed by atoms with Crippen LogP contribution in [0.5, 0.6) is 0 Å². The Kier molecular flexibility index (Phi) is 6.85. The summed E-state index contributed by atoms with van der Waals surface area (Å²) in [7, 11) is 0. The van der Waals surface area contributed by atoms with Crippen molar-refractivity contribution in [2.75, 3.05) is 0 Å². The molecule has 0 aliphatic carbocycles. The summed E-state index contributed by atoms with van der Waals surface area (Å²) in [5.74, 6) is 0.0943. The van der Waals surface area contributed by atoms with Gasteiger partial charge in [-0.25, -0.2) is 0 Å². The third-order valence-electron chi connectivity index (χ3n) is 3.46. The molecule has 0 saturated heterocycles. The SMILES string of the molecule is CCCC(C)C(N)N.NC(=O)c1cccc2ccccc12. The first kappa shape index (κ1) is 17.1. The van der Waals surface area contributed by atoms with Crippen LogP contribution >= 0.6 is 0 Å². The van der Waals surface area contributed by atoms with E-state index in [2.05, 4.69) is 13.8 Å². The minimum atomic E-state index is -0.378. The largest absolute Gasteiger partial charge is 0.366 e. The number of benzene rings is 2. The molecule has 21 heavy (non-hydrogen) atoms. The van der Waals surface area contributed by atoms with Crippen LogP contribution in [-0.2, 0) is 0 Å². The maximum atomic E-state index is 11.0. The van der Waals surface area contributed by atoms with Crippen molar-refractivity contribution in [3.05, 3.63) is 48.0 Å². The Labute approximate surface area is 126 Å². The molecule has 0 spiro atoms. The summed E-state index contributed by atoms with van der Waals surface area (Å²) in [6, 6.07) is 13.2. The number of nitrogens with two attached hydrogens (primary N) is 3. The van der Waals surface area contributed by atoms with Crippen LogP contribution in [0.4, 0.5) is 0 Å². The van der Waals surface area contributed by atoms with Crippen LogP contribution in [0, 0.1) is 5.92 Å². The number of primary amides is 1. The summed E-state index contributed by atoms with van der Waals surface area (Å²) >= 11 is 0. The average molecular weight is 287 g/mol. The van der Waals surface area contributed by atoms with Gasteiger partial charge in [0.15, 0.2) is 0 Å². The van der Waals surface area contributed by atoms with Gasteiger partial charge in [-0.15, -0.1) is 0 Å². The molecule has 4 heteroatoms. The van der Waals surface area contributed by atoms with E-state index in [1.54, 1.807) is 6.07 Å². The normalized spacial score (nSPS) is 11.9. The van der Waals surface area contributed by atoms with Crippen LogP contribution in [0.25, 0.3) is 10.8 Å². The highest BCUT2D eigenvalue weighted by Gasteiger charge is 2.04. The summed E-state index contributed by atoms with van der Waals surface area (Å²) < 4.78 is 0. The van der Waals surface area contributed by atoms with Crippen LogP contribution in [0.2, 0.25) is 0 Å². The first-order valence-electron chi connectivity index (χ1n) is 7.26. The maximum Gasteiger partial charge on any atom is 0.249 e. The van der Waals surface area contributed by atoms with Gasteiger partial charge in [0, 0.05) is 5.56 Å². The highest BCUT2D eigenvalue weighted by molar-refractivity contribution is 6.06. The molecule has 2 rings (SSSR count). The van der Waals surface area contributed by atoms with Crippen molar-refractivity contribution in [2.45, 2.75) is 32.9 Å². The second kappa shape index (κ2) is 8.39. The average Bonchev–Trinajstić information content (AvgIpc) is 2.47. The van der Waals surface area contributed by atoms with Crippen molar-refractivity contribution in [1.82, 2.24) is 0 Å². The predicted molar refractivity (Wildman–Crippen MR) is 88.7 cm³/mol. The Hall–Kier alpha value is -1.91. The summed E-state index contributed by atoms with van der Waals surface area (Å²) in [6.07, 6.45) is 2.18. The first-order valence-corrected chi connectivity index (χ1v) is 7.26. The molecule has 0 radical (unpaired) electrons. The third kappa shape index (κ3) is 5.17. The third-order valence-corrected chi connectivity index (χ3v) is 3.46. The number of fused-ring (bicyclic) bond motifs is 1. The summed E-state index contributed by atoms with van der Waals surface area (Å²) in [6.45, 7) is 4.22. The second-order valence-electron chi connectivity index (χ2n) is 5.23. The van der Waals surface area contributed by atoms with E-state index in [0.29, 0.717) is 11.5 Å². The molecule has 0 saturated carbocycles. The minimum Gasteiger partial charge on any atom is -0.366 e. The van der Waals surface area contributed by atoms with Crippen molar-refractivity contribution in [2.24, 2.45) is 23.1 Å². The van der Waals surface area contributed by atoms with Gasteiger partial charge in [0.05, 0.1) is 6.17 Å². The number of hydrogen-bond acceptors (Lipinski definition) is 3. The van der Waals surface area contributed by atoms with Crippen LogP contribution < -0.4 is 17.2 Å². The standard InChI is InChI=1S/C11H9NO.C6H16N2/c12-11(13)10-7-3-5-8-4-1-2-6-9(8)10;1-3-4-5(2)6(7)8/h1-7H,(H2,12,13);5-6H,3-4,7-8H2,1-2H3. The lowest BCUT2D eigenvalue weighted by atomic mass is 10.0. The molecule has 0 aliphatic heterocycles. The van der Waals surface area contributed by atoms with Gasteiger partial charge in [0.2, 0.25) is 5.91 Å². The van der Waals surface area contributed by atoms with Crippen molar-refractivity contribution < 1.29 is 4.79 Å². The molecule has 2 aromatic carbocycles. The van der Waals surface area contributed by atoms with Crippen molar-refractivity contribution >= 4 is 16.7 Å². The Morgan fingerprint density at radius 3 is 2.24 bits per heavy atom. The maximum absolute atomic E-state index is 11.0. The number of carbonyl (C=O) groups is 1. The summed E-state index contributed by atoms with van der Waals surface area (Å²) in [5.41, 5.74) is 16.6. The molecule has 6 N–H and O–H groups in total. The molecule has 0 aromatic heterocycles. The second-order valence-corrected chi connectivity index (χ2v) is 5.23. The van der Waals surface area contributed by atoms with E-state index in [9.17, 15) is 4.79 Å². The molecule has 114 valence electrons. The van der Waals surface area contributed by atoms with E-state index in [0.717, 1.165) is 17.2 Å². The van der Waals surface area contributed by atoms with Gasteiger partial charge < -0.3 is 17.2 Å². The van der Waals surface area contributed by atoms with Crippen LogP contribution in [-0.4, -0.2) is 12.1 Å². The smallest absolute Gasteiger partial charge is 0.249 e. The molecule has 0 heterocycles. The number of hydrogen-bond donors (Lipinski definition) is 3. The van der Waals surface area contributed by atoms with E-state index < -0.39 is 0 Å². The highest BCUT2D eigenvalue weighted by atomic mass is 16.1. The molecule has 0 bridgehead atoms. The van der Waals surface area contributed by atoms with Gasteiger partial charge in [-0.2, -0.15) is 0 Å². The lowest BCUT2D eigenvalue weighted by molar-refractivity contribution is 0.100. The molecule has 4 nitrogen and oxygen atoms in total. The van der Waals surface area contributed by atoms with Gasteiger partial charge in [-0.1, -0.05) is 56.7 Å². The van der Waals surface area contributed by atoms with Crippen LogP contribution in [0.3, 0.4) is 0 Å². The molecular weight excluding hydrogens is 262 g/mol.